The summed E-state index contributed by atoms with van der Waals surface area (Å²) in [6.07, 6.45) is 0.915. The number of methoxy groups -OCH3 is 1. The summed E-state index contributed by atoms with van der Waals surface area (Å²) in [6.45, 7) is 1.47. The van der Waals surface area contributed by atoms with Gasteiger partial charge in [0.15, 0.2) is 5.78 Å². The molecule has 0 bridgehead atoms. The molecule has 0 aromatic heterocycles. The molecular formula is C20H19ClN2O4. The van der Waals surface area contributed by atoms with Crippen molar-refractivity contribution in [3.63, 3.8) is 0 Å². The Bertz CT molecular complexity index is 905. The molecular weight excluding hydrogens is 368 g/mol. The van der Waals surface area contributed by atoms with E-state index in [0.29, 0.717) is 40.6 Å². The Kier molecular flexibility index (Phi) is 5.19. The molecule has 0 heterocycles. The fourth-order valence-electron chi connectivity index (χ4n) is 2.74. The molecule has 2 aromatic rings. The Morgan fingerprint density at radius 3 is 2.19 bits per heavy atom. The van der Waals surface area contributed by atoms with Gasteiger partial charge < -0.3 is 15.4 Å². The van der Waals surface area contributed by atoms with E-state index in [2.05, 4.69) is 10.6 Å². The normalized spacial score (nSPS) is 14.2. The van der Waals surface area contributed by atoms with Crippen LogP contribution in [0.1, 0.15) is 30.1 Å². The van der Waals surface area contributed by atoms with Gasteiger partial charge in [0.2, 0.25) is 11.8 Å². The fraction of sp³-hybridized carbons (Fsp3) is 0.250. The van der Waals surface area contributed by atoms with Crippen LogP contribution in [-0.2, 0) is 9.59 Å². The first-order valence-corrected chi connectivity index (χ1v) is 8.81. The summed E-state index contributed by atoms with van der Waals surface area (Å²) >= 11 is 5.98. The predicted molar refractivity (Wildman–Crippen MR) is 103 cm³/mol. The van der Waals surface area contributed by atoms with E-state index < -0.39 is 11.3 Å². The Hall–Kier alpha value is -2.86. The van der Waals surface area contributed by atoms with Crippen molar-refractivity contribution in [3.8, 4) is 5.75 Å². The average Bonchev–Trinajstić information content (AvgIpc) is 3.44. The summed E-state index contributed by atoms with van der Waals surface area (Å²) in [5.41, 5.74) is 0.385. The number of ether oxygens (including phenoxy) is 1. The molecule has 1 aliphatic carbocycles. The first kappa shape index (κ1) is 18.9. The van der Waals surface area contributed by atoms with Gasteiger partial charge >= 0.3 is 0 Å². The number of hydrogen-bond acceptors (Lipinski definition) is 4. The molecule has 2 aromatic carbocycles. The maximum absolute atomic E-state index is 12.7. The van der Waals surface area contributed by atoms with E-state index >= 15 is 0 Å². The third kappa shape index (κ3) is 3.95. The molecule has 0 radical (unpaired) electrons. The molecule has 2 N–H and O–H groups in total. The third-order valence-corrected chi connectivity index (χ3v) is 4.81. The van der Waals surface area contributed by atoms with Crippen LogP contribution in [0, 0.1) is 5.41 Å². The van der Waals surface area contributed by atoms with E-state index in [1.54, 1.807) is 42.5 Å². The predicted octanol–water partition coefficient (Wildman–Crippen LogP) is 3.91. The highest BCUT2D eigenvalue weighted by atomic mass is 35.5. The number of hydrogen-bond donors (Lipinski definition) is 2. The topological polar surface area (TPSA) is 84.5 Å². The average molecular weight is 387 g/mol. The molecule has 0 spiro atoms. The van der Waals surface area contributed by atoms with Crippen molar-refractivity contribution in [1.29, 1.82) is 0 Å². The van der Waals surface area contributed by atoms with Crippen LogP contribution in [0.15, 0.2) is 42.5 Å². The molecule has 2 amide bonds. The van der Waals surface area contributed by atoms with Crippen molar-refractivity contribution in [2.45, 2.75) is 19.8 Å². The minimum atomic E-state index is -1.12. The quantitative estimate of drug-likeness (QED) is 0.582. The van der Waals surface area contributed by atoms with Crippen molar-refractivity contribution in [2.75, 3.05) is 17.7 Å². The highest BCUT2D eigenvalue weighted by Crippen LogP contribution is 2.48. The van der Waals surface area contributed by atoms with Crippen LogP contribution < -0.4 is 15.4 Å². The van der Waals surface area contributed by atoms with Crippen molar-refractivity contribution in [3.05, 3.63) is 53.1 Å². The molecule has 27 heavy (non-hydrogen) atoms. The number of rotatable bonds is 6. The monoisotopic (exact) mass is 386 g/mol. The second kappa shape index (κ2) is 7.40. The smallest absolute Gasteiger partial charge is 0.240 e. The van der Waals surface area contributed by atoms with Crippen LogP contribution in [0.2, 0.25) is 5.02 Å². The molecule has 1 aliphatic rings. The van der Waals surface area contributed by atoms with Crippen molar-refractivity contribution in [1.82, 2.24) is 0 Å². The number of nitrogens with one attached hydrogen (secondary N) is 2. The lowest BCUT2D eigenvalue weighted by atomic mass is 10.0. The van der Waals surface area contributed by atoms with Crippen molar-refractivity contribution < 1.29 is 19.1 Å². The molecule has 0 aliphatic heterocycles. The maximum atomic E-state index is 12.7. The molecule has 1 saturated carbocycles. The SMILES string of the molecule is COc1ccc(Cl)cc1NC(=O)C1(C(=O)Nc2ccc(C(C)=O)cc2)CC1. The van der Waals surface area contributed by atoms with E-state index in [9.17, 15) is 14.4 Å². The second-order valence-electron chi connectivity index (χ2n) is 6.47. The lowest BCUT2D eigenvalue weighted by Crippen LogP contribution is -2.35. The largest absolute Gasteiger partial charge is 0.495 e. The summed E-state index contributed by atoms with van der Waals surface area (Å²) in [7, 11) is 1.49. The number of amides is 2. The lowest BCUT2D eigenvalue weighted by molar-refractivity contribution is -0.131. The third-order valence-electron chi connectivity index (χ3n) is 4.58. The summed E-state index contributed by atoms with van der Waals surface area (Å²) < 4.78 is 5.22. The fourth-order valence-corrected chi connectivity index (χ4v) is 2.91. The second-order valence-corrected chi connectivity index (χ2v) is 6.90. The standard InChI is InChI=1S/C20H19ClN2O4/c1-12(24)13-3-6-15(7-4-13)22-18(25)20(9-10-20)19(26)23-16-11-14(21)5-8-17(16)27-2/h3-8,11H,9-10H2,1-2H3,(H,22,25)(H,23,26). The molecule has 0 saturated heterocycles. The van der Waals surface area contributed by atoms with Crippen LogP contribution in [0.3, 0.4) is 0 Å². The van der Waals surface area contributed by atoms with Gasteiger partial charge in [0.1, 0.15) is 11.2 Å². The maximum Gasteiger partial charge on any atom is 0.240 e. The number of anilines is 2. The number of Topliss-reactive ketones (excluding diaryl/α,β-unsaturated/α-hetero) is 1. The summed E-state index contributed by atoms with van der Waals surface area (Å²) in [5.74, 6) is -0.373. The van der Waals surface area contributed by atoms with Gasteiger partial charge in [-0.2, -0.15) is 0 Å². The van der Waals surface area contributed by atoms with E-state index in [-0.39, 0.29) is 11.7 Å². The van der Waals surface area contributed by atoms with Gasteiger partial charge in [0, 0.05) is 16.3 Å². The van der Waals surface area contributed by atoms with Gasteiger partial charge in [-0.1, -0.05) is 11.6 Å². The Balaban J connectivity index is 1.72. The number of carbonyl (C=O) groups is 3. The summed E-state index contributed by atoms with van der Waals surface area (Å²) in [6, 6.07) is 11.4. The lowest BCUT2D eigenvalue weighted by Gasteiger charge is -2.17. The first-order chi connectivity index (χ1) is 12.9. The van der Waals surface area contributed by atoms with E-state index in [1.807, 2.05) is 0 Å². The molecule has 1 fully saturated rings. The highest BCUT2D eigenvalue weighted by Gasteiger charge is 2.56. The molecule has 6 nitrogen and oxygen atoms in total. The first-order valence-electron chi connectivity index (χ1n) is 8.43. The molecule has 7 heteroatoms. The Morgan fingerprint density at radius 1 is 1.00 bits per heavy atom. The minimum Gasteiger partial charge on any atom is -0.495 e. The number of halogens is 1. The summed E-state index contributed by atoms with van der Waals surface area (Å²) in [5, 5.41) is 5.94. The molecule has 3 rings (SSSR count). The van der Waals surface area contributed by atoms with Crippen LogP contribution in [0.5, 0.6) is 5.75 Å². The zero-order valence-corrected chi connectivity index (χ0v) is 15.7. The summed E-state index contributed by atoms with van der Waals surface area (Å²) in [4.78, 5) is 36.7. The van der Waals surface area contributed by atoms with Crippen LogP contribution in [0.4, 0.5) is 11.4 Å². The van der Waals surface area contributed by atoms with Gasteiger partial charge in [-0.05, 0) is 62.2 Å². The highest BCUT2D eigenvalue weighted by molar-refractivity contribution is 6.31. The van der Waals surface area contributed by atoms with Crippen molar-refractivity contribution in [2.24, 2.45) is 5.41 Å². The van der Waals surface area contributed by atoms with Gasteiger partial charge in [-0.25, -0.2) is 0 Å². The number of benzene rings is 2. The van der Waals surface area contributed by atoms with Gasteiger partial charge in [0.05, 0.1) is 12.8 Å². The number of carbonyl (C=O) groups excluding carboxylic acids is 3. The minimum absolute atomic E-state index is 0.0543. The molecule has 0 atom stereocenters. The van der Waals surface area contributed by atoms with E-state index in [4.69, 9.17) is 16.3 Å². The Labute approximate surface area is 161 Å². The van der Waals surface area contributed by atoms with Crippen molar-refractivity contribution >= 4 is 40.6 Å². The van der Waals surface area contributed by atoms with E-state index in [1.165, 1.54) is 14.0 Å². The number of ketones is 1. The van der Waals surface area contributed by atoms with Gasteiger partial charge in [0.25, 0.3) is 0 Å². The van der Waals surface area contributed by atoms with Crippen LogP contribution >= 0.6 is 11.6 Å². The van der Waals surface area contributed by atoms with Gasteiger partial charge in [-0.3, -0.25) is 14.4 Å². The van der Waals surface area contributed by atoms with Gasteiger partial charge in [-0.15, -0.1) is 0 Å². The van der Waals surface area contributed by atoms with E-state index in [0.717, 1.165) is 0 Å². The molecule has 140 valence electrons. The molecule has 0 unspecified atom stereocenters. The Morgan fingerprint density at radius 2 is 1.63 bits per heavy atom. The van der Waals surface area contributed by atoms with Crippen LogP contribution in [-0.4, -0.2) is 24.7 Å². The zero-order valence-electron chi connectivity index (χ0n) is 15.0. The van der Waals surface area contributed by atoms with Crippen LogP contribution in [0.25, 0.3) is 0 Å². The zero-order chi connectivity index (χ0) is 19.6.